The molecule has 41 heavy (non-hydrogen) atoms. The third-order valence-corrected chi connectivity index (χ3v) is 8.92. The predicted octanol–water partition coefficient (Wildman–Crippen LogP) is 0.231. The molecule has 5 heterocycles. The highest BCUT2D eigenvalue weighted by atomic mass is 31.2. The van der Waals surface area contributed by atoms with Gasteiger partial charge >= 0.3 is 15.6 Å². The van der Waals surface area contributed by atoms with Crippen LogP contribution in [0, 0.1) is 5.92 Å². The zero-order valence-electron chi connectivity index (χ0n) is 21.0. The van der Waals surface area contributed by atoms with Crippen LogP contribution >= 0.6 is 15.6 Å². The number of fused-ring (bicyclic) bond motifs is 4. The number of nitrogens with one attached hydrogen (secondary N) is 1. The van der Waals surface area contributed by atoms with Crippen LogP contribution in [0.4, 0.5) is 5.95 Å². The normalized spacial score (nSPS) is 38.1. The van der Waals surface area contributed by atoms with Gasteiger partial charge in [-0.15, -0.1) is 0 Å². The van der Waals surface area contributed by atoms with E-state index in [4.69, 9.17) is 33.3 Å². The van der Waals surface area contributed by atoms with E-state index in [0.717, 1.165) is 6.33 Å². The average Bonchev–Trinajstić information content (AvgIpc) is 3.57. The minimum atomic E-state index is -4.89. The Bertz CT molecular complexity index is 1570. The maximum atomic E-state index is 13.1. The number of aromatic nitrogens is 5. The maximum Gasteiger partial charge on any atom is 0.472 e. The Morgan fingerprint density at radius 3 is 2.63 bits per heavy atom. The lowest BCUT2D eigenvalue weighted by atomic mass is 10.1. The SMILES string of the molecule is Nc1nc2c(ncn2[C@@H]2O[C@@H]3COP(=O)(O)O[C@H]4C[C@H](Oc5ccccn5)CC4COP(=O)(O)O[C@@H]2[C@@H]3O)c(=O)[nH]1. The summed E-state index contributed by atoms with van der Waals surface area (Å²) in [5, 5.41) is 11.0. The van der Waals surface area contributed by atoms with Crippen molar-refractivity contribution in [3.8, 4) is 5.88 Å². The van der Waals surface area contributed by atoms with Crippen LogP contribution in [0.2, 0.25) is 0 Å². The number of nitrogen functional groups attached to an aromatic ring is 1. The van der Waals surface area contributed by atoms with E-state index in [0.29, 0.717) is 5.88 Å². The van der Waals surface area contributed by atoms with Crippen molar-refractivity contribution in [3.63, 3.8) is 0 Å². The number of aliphatic hydroxyl groups is 1. The third-order valence-electron chi connectivity index (χ3n) is 6.93. The Hall–Kier alpha value is -2.76. The van der Waals surface area contributed by atoms with Gasteiger partial charge in [-0.2, -0.15) is 4.98 Å². The first-order valence-electron chi connectivity index (χ1n) is 12.4. The zero-order valence-corrected chi connectivity index (χ0v) is 22.8. The van der Waals surface area contributed by atoms with E-state index in [2.05, 4.69) is 19.9 Å². The molecule has 18 nitrogen and oxygen atoms in total. The van der Waals surface area contributed by atoms with Crippen LogP contribution in [0.15, 0.2) is 35.5 Å². The Labute approximate surface area is 230 Å². The van der Waals surface area contributed by atoms with Crippen molar-refractivity contribution in [2.24, 2.45) is 5.92 Å². The number of rotatable bonds is 3. The number of H-pyrrole nitrogens is 1. The lowest BCUT2D eigenvalue weighted by Crippen LogP contribution is -2.35. The summed E-state index contributed by atoms with van der Waals surface area (Å²) in [6, 6.07) is 5.08. The maximum absolute atomic E-state index is 13.1. The van der Waals surface area contributed by atoms with Gasteiger partial charge in [0, 0.05) is 24.6 Å². The number of aromatic amines is 1. The summed E-state index contributed by atoms with van der Waals surface area (Å²) >= 11 is 0. The molecule has 0 radical (unpaired) electrons. The van der Waals surface area contributed by atoms with Crippen LogP contribution in [0.1, 0.15) is 19.1 Å². The lowest BCUT2D eigenvalue weighted by Gasteiger charge is -2.25. The van der Waals surface area contributed by atoms with Crippen molar-refractivity contribution in [3.05, 3.63) is 41.1 Å². The summed E-state index contributed by atoms with van der Waals surface area (Å²) in [7, 11) is -9.63. The fourth-order valence-electron chi connectivity index (χ4n) is 5.09. The van der Waals surface area contributed by atoms with E-state index < -0.39 is 77.1 Å². The number of anilines is 1. The number of phosphoric acid groups is 2. The molecule has 2 bridgehead atoms. The molecule has 2 aliphatic heterocycles. The molecule has 3 fully saturated rings. The van der Waals surface area contributed by atoms with Crippen molar-refractivity contribution >= 4 is 32.8 Å². The van der Waals surface area contributed by atoms with Crippen LogP contribution in [-0.2, 0) is 32.0 Å². The number of pyridine rings is 1. The van der Waals surface area contributed by atoms with E-state index in [1.54, 1.807) is 24.4 Å². The first-order valence-corrected chi connectivity index (χ1v) is 15.4. The largest absolute Gasteiger partial charge is 0.474 e. The van der Waals surface area contributed by atoms with Gasteiger partial charge in [0.05, 0.1) is 25.6 Å². The molecule has 3 aliphatic rings. The molecule has 222 valence electrons. The summed E-state index contributed by atoms with van der Waals surface area (Å²) in [6.07, 6.45) is -4.46. The second-order valence-electron chi connectivity index (χ2n) is 9.71. The van der Waals surface area contributed by atoms with Gasteiger partial charge in [-0.25, -0.2) is 19.1 Å². The number of aliphatic hydroxyl groups excluding tert-OH is 1. The second-order valence-corrected chi connectivity index (χ2v) is 12.5. The van der Waals surface area contributed by atoms with Gasteiger partial charge in [-0.05, 0) is 12.5 Å². The smallest absolute Gasteiger partial charge is 0.472 e. The van der Waals surface area contributed by atoms with Gasteiger partial charge in [-0.1, -0.05) is 6.07 Å². The van der Waals surface area contributed by atoms with E-state index in [-0.39, 0.29) is 30.0 Å². The number of nitrogens with zero attached hydrogens (tertiary/aromatic N) is 4. The summed E-state index contributed by atoms with van der Waals surface area (Å²) < 4.78 is 60.0. The monoisotopic (exact) mass is 616 g/mol. The van der Waals surface area contributed by atoms with Crippen LogP contribution in [-0.4, -0.2) is 83.1 Å². The van der Waals surface area contributed by atoms with Gasteiger partial charge in [0.15, 0.2) is 17.4 Å². The highest BCUT2D eigenvalue weighted by Gasteiger charge is 2.51. The fourth-order valence-corrected chi connectivity index (χ4v) is 7.07. The average molecular weight is 616 g/mol. The second kappa shape index (κ2) is 10.8. The number of imidazole rings is 1. The van der Waals surface area contributed by atoms with Crippen LogP contribution < -0.4 is 16.0 Å². The van der Waals surface area contributed by atoms with Crippen LogP contribution in [0.25, 0.3) is 11.2 Å². The molecule has 1 aliphatic carbocycles. The Balaban J connectivity index is 1.28. The summed E-state index contributed by atoms with van der Waals surface area (Å²) in [6.45, 7) is -1.10. The first kappa shape index (κ1) is 28.4. The molecule has 2 saturated heterocycles. The predicted molar refractivity (Wildman–Crippen MR) is 135 cm³/mol. The summed E-state index contributed by atoms with van der Waals surface area (Å²) in [5.41, 5.74) is 4.80. The van der Waals surface area contributed by atoms with Crippen molar-refractivity contribution < 1.29 is 51.6 Å². The molecule has 0 aromatic carbocycles. The Morgan fingerprint density at radius 2 is 1.85 bits per heavy atom. The molecule has 0 spiro atoms. The third kappa shape index (κ3) is 5.94. The quantitative estimate of drug-likeness (QED) is 0.247. The highest BCUT2D eigenvalue weighted by Crippen LogP contribution is 2.54. The van der Waals surface area contributed by atoms with Gasteiger partial charge in [0.2, 0.25) is 11.8 Å². The number of ether oxygens (including phenoxy) is 2. The molecule has 0 amide bonds. The molecule has 3 aromatic heterocycles. The minimum absolute atomic E-state index is 0.0719. The molecule has 6 N–H and O–H groups in total. The van der Waals surface area contributed by atoms with Crippen molar-refractivity contribution in [2.45, 2.75) is 49.6 Å². The topological polar surface area (TPSA) is 253 Å². The lowest BCUT2D eigenvalue weighted by molar-refractivity contribution is -0.0561. The molecular formula is C21H26N6O12P2. The number of hydrogen-bond donors (Lipinski definition) is 5. The highest BCUT2D eigenvalue weighted by molar-refractivity contribution is 7.47. The Morgan fingerprint density at radius 1 is 1.07 bits per heavy atom. The van der Waals surface area contributed by atoms with E-state index in [9.17, 15) is 28.8 Å². The molecule has 3 aromatic rings. The zero-order chi connectivity index (χ0) is 28.9. The van der Waals surface area contributed by atoms with Crippen molar-refractivity contribution in [1.82, 2.24) is 24.5 Å². The number of nitrogens with two attached hydrogens (primary N) is 1. The van der Waals surface area contributed by atoms with Crippen LogP contribution in [0.5, 0.6) is 5.88 Å². The van der Waals surface area contributed by atoms with E-state index in [1.807, 2.05) is 0 Å². The minimum Gasteiger partial charge on any atom is -0.474 e. The van der Waals surface area contributed by atoms with Gasteiger partial charge in [-0.3, -0.25) is 32.4 Å². The molecule has 1 saturated carbocycles. The Kier molecular flexibility index (Phi) is 7.48. The van der Waals surface area contributed by atoms with Gasteiger partial charge < -0.3 is 30.1 Å². The molecular weight excluding hydrogens is 590 g/mol. The van der Waals surface area contributed by atoms with Gasteiger partial charge in [0.1, 0.15) is 24.4 Å². The molecule has 6 rings (SSSR count). The first-order chi connectivity index (χ1) is 19.5. The van der Waals surface area contributed by atoms with Crippen molar-refractivity contribution in [1.29, 1.82) is 0 Å². The van der Waals surface area contributed by atoms with E-state index >= 15 is 0 Å². The summed E-state index contributed by atoms with van der Waals surface area (Å²) in [4.78, 5) is 47.7. The van der Waals surface area contributed by atoms with Crippen LogP contribution in [0.3, 0.4) is 0 Å². The number of hydrogen-bond acceptors (Lipinski definition) is 14. The van der Waals surface area contributed by atoms with Crippen molar-refractivity contribution in [2.75, 3.05) is 18.9 Å². The fraction of sp³-hybridized carbons (Fsp3) is 0.524. The number of phosphoric ester groups is 2. The van der Waals surface area contributed by atoms with Gasteiger partial charge in [0.25, 0.3) is 5.56 Å². The van der Waals surface area contributed by atoms with E-state index in [1.165, 1.54) is 4.57 Å². The summed E-state index contributed by atoms with van der Waals surface area (Å²) in [5.74, 6) is -0.595. The molecule has 20 heteroatoms. The molecule has 9 atom stereocenters. The molecule has 3 unspecified atom stereocenters. The standard InChI is InChI=1S/C21H26N6O12P2/c22-21-25-18-15(19(29)26-21)24-9-27(18)20-17-16(28)13(37-20)8-35-40(30,31)38-12-6-11(36-14-3-1-2-4-23-14)5-10(12)7-34-41(32,33)39-17/h1-4,9-13,16-17,20,28H,5-8H2,(H,30,31)(H,32,33)(H3,22,25,26,29)/t10?,11-,12+,13-,16-,17-,20-/m1/s1.